The molecule has 0 amide bonds. The second-order valence-corrected chi connectivity index (χ2v) is 7.30. The molecular weight excluding hydrogens is 310 g/mol. The average Bonchev–Trinajstić information content (AvgIpc) is 2.68. The van der Waals surface area contributed by atoms with Crippen LogP contribution in [0.15, 0.2) is 42.5 Å². The third kappa shape index (κ3) is 3.55. The van der Waals surface area contributed by atoms with Crippen molar-refractivity contribution in [1.82, 2.24) is 9.88 Å². The van der Waals surface area contributed by atoms with Gasteiger partial charge in [-0.1, -0.05) is 30.3 Å². The van der Waals surface area contributed by atoms with E-state index in [0.29, 0.717) is 6.04 Å². The maximum absolute atomic E-state index is 9.75. The zero-order chi connectivity index (χ0) is 17.2. The molecule has 2 aliphatic heterocycles. The van der Waals surface area contributed by atoms with Crippen molar-refractivity contribution in [3.63, 3.8) is 0 Å². The van der Waals surface area contributed by atoms with Gasteiger partial charge in [-0.15, -0.1) is 0 Å². The third-order valence-electron chi connectivity index (χ3n) is 5.65. The summed E-state index contributed by atoms with van der Waals surface area (Å²) >= 11 is 0. The highest BCUT2D eigenvalue weighted by Crippen LogP contribution is 2.27. The molecule has 4 heteroatoms. The van der Waals surface area contributed by atoms with Crippen LogP contribution in [0.25, 0.3) is 0 Å². The zero-order valence-corrected chi connectivity index (χ0v) is 14.9. The van der Waals surface area contributed by atoms with Crippen molar-refractivity contribution in [2.45, 2.75) is 44.9 Å². The van der Waals surface area contributed by atoms with Crippen LogP contribution in [-0.2, 0) is 13.0 Å². The number of piperidine rings is 1. The van der Waals surface area contributed by atoms with E-state index in [1.807, 2.05) is 12.1 Å². The lowest BCUT2D eigenvalue weighted by atomic mass is 9.95. The highest BCUT2D eigenvalue weighted by molar-refractivity contribution is 5.40. The fourth-order valence-corrected chi connectivity index (χ4v) is 4.14. The van der Waals surface area contributed by atoms with Crippen molar-refractivity contribution in [2.24, 2.45) is 0 Å². The molecule has 1 atom stereocenters. The molecule has 0 radical (unpaired) electrons. The Labute approximate surface area is 150 Å². The molecule has 1 aromatic carbocycles. The van der Waals surface area contributed by atoms with E-state index in [1.165, 1.54) is 36.9 Å². The summed E-state index contributed by atoms with van der Waals surface area (Å²) in [5.74, 6) is 1.00. The van der Waals surface area contributed by atoms with Crippen molar-refractivity contribution in [3.8, 4) is 0 Å². The van der Waals surface area contributed by atoms with Gasteiger partial charge in [0.05, 0.1) is 11.8 Å². The maximum atomic E-state index is 9.75. The minimum Gasteiger partial charge on any atom is -0.387 e. The molecule has 2 aromatic rings. The predicted molar refractivity (Wildman–Crippen MR) is 101 cm³/mol. The van der Waals surface area contributed by atoms with Gasteiger partial charge >= 0.3 is 0 Å². The number of hydrogen-bond acceptors (Lipinski definition) is 4. The number of pyridine rings is 1. The summed E-state index contributed by atoms with van der Waals surface area (Å²) in [6.07, 6.45) is 3.03. The van der Waals surface area contributed by atoms with E-state index in [9.17, 15) is 5.11 Å². The smallest absolute Gasteiger partial charge is 0.128 e. The summed E-state index contributed by atoms with van der Waals surface area (Å²) < 4.78 is 0. The van der Waals surface area contributed by atoms with Crippen molar-refractivity contribution in [1.29, 1.82) is 0 Å². The summed E-state index contributed by atoms with van der Waals surface area (Å²) in [6.45, 7) is 6.12. The molecule has 0 saturated carbocycles. The monoisotopic (exact) mass is 337 g/mol. The number of aliphatic hydroxyl groups excluding tert-OH is 1. The van der Waals surface area contributed by atoms with Crippen molar-refractivity contribution in [2.75, 3.05) is 24.5 Å². The molecule has 4 rings (SSSR count). The minimum atomic E-state index is -0.508. The molecule has 4 nitrogen and oxygen atoms in total. The number of fused-ring (bicyclic) bond motifs is 1. The molecule has 0 spiro atoms. The third-order valence-corrected chi connectivity index (χ3v) is 5.65. The van der Waals surface area contributed by atoms with E-state index < -0.39 is 6.10 Å². The van der Waals surface area contributed by atoms with Crippen LogP contribution >= 0.6 is 0 Å². The molecule has 0 bridgehead atoms. The Morgan fingerprint density at radius 2 is 1.76 bits per heavy atom. The summed E-state index contributed by atoms with van der Waals surface area (Å²) in [6, 6.07) is 15.5. The van der Waals surface area contributed by atoms with Crippen molar-refractivity contribution in [3.05, 3.63) is 59.3 Å². The van der Waals surface area contributed by atoms with Gasteiger partial charge in [-0.3, -0.25) is 4.90 Å². The molecule has 3 heterocycles. The van der Waals surface area contributed by atoms with Crippen LogP contribution in [0.2, 0.25) is 0 Å². The second kappa shape index (κ2) is 7.14. The summed E-state index contributed by atoms with van der Waals surface area (Å²) in [5.41, 5.74) is 3.78. The fraction of sp³-hybridized carbons (Fsp3) is 0.476. The largest absolute Gasteiger partial charge is 0.387 e. The Morgan fingerprint density at radius 1 is 1.00 bits per heavy atom. The Hall–Kier alpha value is -1.91. The number of nitrogens with zero attached hydrogens (tertiary/aromatic N) is 3. The Kier molecular flexibility index (Phi) is 4.73. The summed E-state index contributed by atoms with van der Waals surface area (Å²) in [4.78, 5) is 9.65. The topological polar surface area (TPSA) is 39.6 Å². The molecule has 1 fully saturated rings. The van der Waals surface area contributed by atoms with Crippen LogP contribution in [0.1, 0.15) is 42.7 Å². The van der Waals surface area contributed by atoms with Crippen LogP contribution in [0.3, 0.4) is 0 Å². The molecule has 1 unspecified atom stereocenters. The number of hydrogen-bond donors (Lipinski definition) is 1. The maximum Gasteiger partial charge on any atom is 0.128 e. The lowest BCUT2D eigenvalue weighted by Gasteiger charge is -2.41. The van der Waals surface area contributed by atoms with Gasteiger partial charge in [0.25, 0.3) is 0 Å². The van der Waals surface area contributed by atoms with Gasteiger partial charge in [-0.2, -0.15) is 0 Å². The first kappa shape index (κ1) is 16.6. The SMILES string of the molecule is CC(O)c1cccc(N2CCC(N3CCc4ccccc4C3)CC2)n1. The quantitative estimate of drug-likeness (QED) is 0.934. The van der Waals surface area contributed by atoms with E-state index in [1.54, 1.807) is 6.92 Å². The molecule has 132 valence electrons. The van der Waals surface area contributed by atoms with Gasteiger partial charge in [-0.05, 0) is 49.4 Å². The zero-order valence-electron chi connectivity index (χ0n) is 14.9. The van der Waals surface area contributed by atoms with Gasteiger partial charge in [0, 0.05) is 32.2 Å². The molecular formula is C21H27N3O. The van der Waals surface area contributed by atoms with E-state index in [4.69, 9.17) is 0 Å². The highest BCUT2D eigenvalue weighted by Gasteiger charge is 2.27. The van der Waals surface area contributed by atoms with E-state index in [-0.39, 0.29) is 0 Å². The molecule has 25 heavy (non-hydrogen) atoms. The van der Waals surface area contributed by atoms with Gasteiger partial charge in [0.15, 0.2) is 0 Å². The van der Waals surface area contributed by atoms with Gasteiger partial charge < -0.3 is 10.0 Å². The van der Waals surface area contributed by atoms with Gasteiger partial charge in [-0.25, -0.2) is 4.98 Å². The minimum absolute atomic E-state index is 0.508. The van der Waals surface area contributed by atoms with E-state index >= 15 is 0 Å². The molecule has 1 N–H and O–H groups in total. The normalized spacial score (nSPS) is 20.3. The Bertz CT molecular complexity index is 723. The van der Waals surface area contributed by atoms with Gasteiger partial charge in [0.2, 0.25) is 0 Å². The van der Waals surface area contributed by atoms with Crippen LogP contribution in [0.4, 0.5) is 5.82 Å². The number of anilines is 1. The number of benzene rings is 1. The first-order chi connectivity index (χ1) is 12.2. The van der Waals surface area contributed by atoms with E-state index in [0.717, 1.165) is 31.1 Å². The van der Waals surface area contributed by atoms with Crippen LogP contribution in [0, 0.1) is 0 Å². The Balaban J connectivity index is 1.38. The number of rotatable bonds is 3. The first-order valence-corrected chi connectivity index (χ1v) is 9.41. The van der Waals surface area contributed by atoms with Crippen molar-refractivity contribution >= 4 is 5.82 Å². The van der Waals surface area contributed by atoms with Gasteiger partial charge in [0.1, 0.15) is 5.82 Å². The number of aromatic nitrogens is 1. The second-order valence-electron chi connectivity index (χ2n) is 7.30. The molecule has 2 aliphatic rings. The lowest BCUT2D eigenvalue weighted by molar-refractivity contribution is 0.153. The summed E-state index contributed by atoms with van der Waals surface area (Å²) in [7, 11) is 0. The van der Waals surface area contributed by atoms with Crippen LogP contribution in [-0.4, -0.2) is 40.7 Å². The van der Waals surface area contributed by atoms with Crippen molar-refractivity contribution < 1.29 is 5.11 Å². The molecule has 1 saturated heterocycles. The molecule has 0 aliphatic carbocycles. The van der Waals surface area contributed by atoms with Crippen LogP contribution in [0.5, 0.6) is 0 Å². The standard InChI is InChI=1S/C21H27N3O/c1-16(25)20-7-4-8-21(22-20)23-13-10-19(11-14-23)24-12-9-17-5-2-3-6-18(17)15-24/h2-8,16,19,25H,9-15H2,1H3. The fourth-order valence-electron chi connectivity index (χ4n) is 4.14. The van der Waals surface area contributed by atoms with E-state index in [2.05, 4.69) is 45.1 Å². The lowest BCUT2D eigenvalue weighted by Crippen LogP contribution is -2.46. The molecule has 1 aromatic heterocycles. The Morgan fingerprint density at radius 3 is 2.52 bits per heavy atom. The first-order valence-electron chi connectivity index (χ1n) is 9.41. The van der Waals surface area contributed by atoms with Crippen LogP contribution < -0.4 is 4.90 Å². The predicted octanol–water partition coefficient (Wildman–Crippen LogP) is 3.16. The highest BCUT2D eigenvalue weighted by atomic mass is 16.3. The number of aliphatic hydroxyl groups is 1. The summed E-state index contributed by atoms with van der Waals surface area (Å²) in [5, 5.41) is 9.75. The average molecular weight is 337 g/mol.